The lowest BCUT2D eigenvalue weighted by atomic mass is 10.2. The van der Waals surface area contributed by atoms with Crippen LogP contribution < -0.4 is 10.1 Å². The van der Waals surface area contributed by atoms with Crippen molar-refractivity contribution < 1.29 is 22.7 Å². The molecule has 30 heavy (non-hydrogen) atoms. The minimum atomic E-state index is -4.59. The van der Waals surface area contributed by atoms with Crippen LogP contribution in [0, 0.1) is 0 Å². The number of halogens is 4. The third-order valence-corrected chi connectivity index (χ3v) is 4.51. The molecule has 4 aromatic rings. The van der Waals surface area contributed by atoms with E-state index in [9.17, 15) is 18.0 Å². The van der Waals surface area contributed by atoms with Crippen LogP contribution >= 0.6 is 15.9 Å². The van der Waals surface area contributed by atoms with Crippen LogP contribution in [0.4, 0.5) is 19.1 Å². The summed E-state index contributed by atoms with van der Waals surface area (Å²) in [5.74, 6) is 0.247. The lowest BCUT2D eigenvalue weighted by Gasteiger charge is -2.07. The minimum absolute atomic E-state index is 0.0998. The average Bonchev–Trinajstić information content (AvgIpc) is 3.09. The first-order valence-corrected chi connectivity index (χ1v) is 9.34. The number of nitrogens with zero attached hydrogens (tertiary/aromatic N) is 2. The lowest BCUT2D eigenvalue weighted by Crippen LogP contribution is -2.13. The summed E-state index contributed by atoms with van der Waals surface area (Å²) in [5.41, 5.74) is -0.806. The number of imidazole rings is 1. The molecule has 2 aromatic heterocycles. The predicted molar refractivity (Wildman–Crippen MR) is 108 cm³/mol. The van der Waals surface area contributed by atoms with Crippen molar-refractivity contribution in [2.45, 2.75) is 6.18 Å². The number of aromatic amines is 1. The van der Waals surface area contributed by atoms with Gasteiger partial charge in [0.05, 0.1) is 17.3 Å². The van der Waals surface area contributed by atoms with E-state index in [2.05, 4.69) is 36.2 Å². The van der Waals surface area contributed by atoms with Crippen molar-refractivity contribution in [1.29, 1.82) is 0 Å². The molecule has 0 fully saturated rings. The van der Waals surface area contributed by atoms with E-state index in [0.717, 1.165) is 6.07 Å². The van der Waals surface area contributed by atoms with Gasteiger partial charge in [-0.3, -0.25) is 15.1 Å². The largest absolute Gasteiger partial charge is 0.456 e. The van der Waals surface area contributed by atoms with E-state index in [-0.39, 0.29) is 27.0 Å². The number of anilines is 1. The summed E-state index contributed by atoms with van der Waals surface area (Å²) in [5, 5.41) is 2.48. The molecule has 2 heterocycles. The monoisotopic (exact) mass is 476 g/mol. The highest BCUT2D eigenvalue weighted by Crippen LogP contribution is 2.36. The number of alkyl halides is 3. The van der Waals surface area contributed by atoms with Crippen molar-refractivity contribution in [2.24, 2.45) is 0 Å². The molecule has 0 aliphatic heterocycles. The van der Waals surface area contributed by atoms with Gasteiger partial charge in [-0.05, 0) is 42.5 Å². The molecule has 0 unspecified atom stereocenters. The Hall–Kier alpha value is -3.40. The van der Waals surface area contributed by atoms with Crippen molar-refractivity contribution in [3.8, 4) is 11.5 Å². The number of hydrogen-bond donors (Lipinski definition) is 2. The number of H-pyrrole nitrogens is 1. The molecule has 0 aliphatic rings. The third kappa shape index (κ3) is 4.28. The Morgan fingerprint density at radius 2 is 1.90 bits per heavy atom. The fraction of sp³-hybridized carbons (Fsp3) is 0.0500. The summed E-state index contributed by atoms with van der Waals surface area (Å²) in [6.07, 6.45) is -1.46. The molecule has 0 spiro atoms. The maximum Gasteiger partial charge on any atom is 0.418 e. The fourth-order valence-electron chi connectivity index (χ4n) is 2.78. The summed E-state index contributed by atoms with van der Waals surface area (Å²) < 4.78 is 45.7. The van der Waals surface area contributed by atoms with Gasteiger partial charge in [0.25, 0.3) is 5.91 Å². The van der Waals surface area contributed by atoms with Gasteiger partial charge in [0.1, 0.15) is 17.0 Å². The number of fused-ring (bicyclic) bond motifs is 1. The van der Waals surface area contributed by atoms with E-state index >= 15 is 0 Å². The van der Waals surface area contributed by atoms with Gasteiger partial charge in [-0.2, -0.15) is 13.2 Å². The molecule has 4 rings (SSSR count). The smallest absolute Gasteiger partial charge is 0.418 e. The minimum Gasteiger partial charge on any atom is -0.456 e. The fourth-order valence-corrected chi connectivity index (χ4v) is 3.24. The molecule has 0 saturated carbocycles. The maximum absolute atomic E-state index is 13.3. The first-order chi connectivity index (χ1) is 14.3. The van der Waals surface area contributed by atoms with Gasteiger partial charge in [0, 0.05) is 16.2 Å². The summed E-state index contributed by atoms with van der Waals surface area (Å²) >= 11 is 3.05. The van der Waals surface area contributed by atoms with E-state index in [1.165, 1.54) is 18.3 Å². The molecule has 2 aromatic carbocycles. The van der Waals surface area contributed by atoms with Crippen molar-refractivity contribution in [3.63, 3.8) is 0 Å². The number of nitrogens with one attached hydrogen (secondary N) is 2. The molecule has 0 atom stereocenters. The molecule has 10 heteroatoms. The highest BCUT2D eigenvalue weighted by Gasteiger charge is 2.34. The summed E-state index contributed by atoms with van der Waals surface area (Å²) in [4.78, 5) is 23.1. The zero-order valence-corrected chi connectivity index (χ0v) is 16.6. The standard InChI is InChI=1S/C20H12BrF3N4O2/c21-12-8-15(20(22,23)24)17-16(9-12)26-19(27-17)28-18(29)11-3-1-4-13(7-11)30-14-5-2-6-25-10-14/h1-10H,(H2,26,27,28,29). The first-order valence-electron chi connectivity index (χ1n) is 8.55. The van der Waals surface area contributed by atoms with Gasteiger partial charge < -0.3 is 9.72 Å². The van der Waals surface area contributed by atoms with Crippen molar-refractivity contribution in [1.82, 2.24) is 15.0 Å². The number of pyridine rings is 1. The van der Waals surface area contributed by atoms with Crippen LogP contribution in [-0.2, 0) is 6.18 Å². The molecule has 0 bridgehead atoms. The number of carbonyl (C=O) groups is 1. The van der Waals surface area contributed by atoms with Gasteiger partial charge >= 0.3 is 6.18 Å². The number of benzene rings is 2. The molecule has 2 N–H and O–H groups in total. The number of rotatable bonds is 4. The molecule has 6 nitrogen and oxygen atoms in total. The highest BCUT2D eigenvalue weighted by molar-refractivity contribution is 9.10. The highest BCUT2D eigenvalue weighted by atomic mass is 79.9. The summed E-state index contributed by atoms with van der Waals surface area (Å²) in [7, 11) is 0. The second kappa shape index (κ2) is 7.79. The Balaban J connectivity index is 1.58. The number of carbonyl (C=O) groups excluding carboxylic acids is 1. The average molecular weight is 477 g/mol. The molecule has 0 saturated heterocycles. The van der Waals surface area contributed by atoms with Crippen LogP contribution in [-0.4, -0.2) is 20.9 Å². The summed E-state index contributed by atoms with van der Waals surface area (Å²) in [6, 6.07) is 12.2. The van der Waals surface area contributed by atoms with E-state index < -0.39 is 17.6 Å². The Bertz CT molecular complexity index is 1230. The van der Waals surface area contributed by atoms with Gasteiger partial charge in [-0.25, -0.2) is 4.98 Å². The maximum atomic E-state index is 13.3. The topological polar surface area (TPSA) is 79.9 Å². The second-order valence-electron chi connectivity index (χ2n) is 6.21. The second-order valence-corrected chi connectivity index (χ2v) is 7.12. The van der Waals surface area contributed by atoms with Gasteiger partial charge in [0.15, 0.2) is 0 Å². The van der Waals surface area contributed by atoms with Crippen molar-refractivity contribution in [2.75, 3.05) is 5.32 Å². The molecule has 152 valence electrons. The summed E-state index contributed by atoms with van der Waals surface area (Å²) in [6.45, 7) is 0. The zero-order valence-electron chi connectivity index (χ0n) is 15.0. The normalized spacial score (nSPS) is 11.5. The van der Waals surface area contributed by atoms with E-state index in [1.807, 2.05) is 0 Å². The van der Waals surface area contributed by atoms with Crippen molar-refractivity contribution in [3.05, 3.63) is 76.5 Å². The quantitative estimate of drug-likeness (QED) is 0.391. The van der Waals surface area contributed by atoms with Crippen LogP contribution in [0.25, 0.3) is 11.0 Å². The van der Waals surface area contributed by atoms with Gasteiger partial charge in [-0.1, -0.05) is 22.0 Å². The predicted octanol–water partition coefficient (Wildman–Crippen LogP) is 5.78. The van der Waals surface area contributed by atoms with E-state index in [1.54, 1.807) is 36.5 Å². The van der Waals surface area contributed by atoms with E-state index in [0.29, 0.717) is 11.5 Å². The van der Waals surface area contributed by atoms with E-state index in [4.69, 9.17) is 4.74 Å². The SMILES string of the molecule is O=C(Nc1nc2c(C(F)(F)F)cc(Br)cc2[nH]1)c1cccc(Oc2cccnc2)c1. The van der Waals surface area contributed by atoms with Crippen LogP contribution in [0.2, 0.25) is 0 Å². The zero-order chi connectivity index (χ0) is 21.3. The Labute approximate surface area is 176 Å². The number of hydrogen-bond acceptors (Lipinski definition) is 4. The Kier molecular flexibility index (Phi) is 5.17. The van der Waals surface area contributed by atoms with Gasteiger partial charge in [0.2, 0.25) is 5.95 Å². The van der Waals surface area contributed by atoms with Gasteiger partial charge in [-0.15, -0.1) is 0 Å². The first kappa shape index (κ1) is 19.9. The molecule has 1 amide bonds. The number of ether oxygens (including phenoxy) is 1. The molecular weight excluding hydrogens is 465 g/mol. The Morgan fingerprint density at radius 3 is 2.63 bits per heavy atom. The Morgan fingerprint density at radius 1 is 1.10 bits per heavy atom. The number of amides is 1. The number of aromatic nitrogens is 3. The molecule has 0 radical (unpaired) electrons. The van der Waals surface area contributed by atoms with Crippen LogP contribution in [0.3, 0.4) is 0 Å². The molecule has 0 aliphatic carbocycles. The van der Waals surface area contributed by atoms with Crippen LogP contribution in [0.5, 0.6) is 11.5 Å². The molecular formula is C20H12BrF3N4O2. The van der Waals surface area contributed by atoms with Crippen LogP contribution in [0.1, 0.15) is 15.9 Å². The lowest BCUT2D eigenvalue weighted by molar-refractivity contribution is -0.136. The van der Waals surface area contributed by atoms with Crippen molar-refractivity contribution >= 4 is 38.8 Å². The van der Waals surface area contributed by atoms with Crippen LogP contribution in [0.15, 0.2) is 65.4 Å². The third-order valence-electron chi connectivity index (χ3n) is 4.06.